The zero-order chi connectivity index (χ0) is 13.7. The first kappa shape index (κ1) is 14.0. The highest BCUT2D eigenvalue weighted by molar-refractivity contribution is 9.10. The van der Waals surface area contributed by atoms with Crippen molar-refractivity contribution >= 4 is 21.7 Å². The molecule has 2 heterocycles. The van der Waals surface area contributed by atoms with Crippen LogP contribution in [0, 0.1) is 0 Å². The van der Waals surface area contributed by atoms with Crippen molar-refractivity contribution in [3.05, 3.63) is 52.4 Å². The van der Waals surface area contributed by atoms with Crippen LogP contribution in [0.4, 0.5) is 5.82 Å². The molecule has 0 saturated heterocycles. The Hall–Kier alpha value is -1.46. The van der Waals surface area contributed by atoms with Crippen LogP contribution in [-0.2, 0) is 13.0 Å². The lowest BCUT2D eigenvalue weighted by Gasteiger charge is -2.20. The number of aliphatic hydroxyl groups is 1. The number of hydrogen-bond acceptors (Lipinski definition) is 4. The van der Waals surface area contributed by atoms with E-state index in [-0.39, 0.29) is 6.61 Å². The maximum absolute atomic E-state index is 9.38. The second kappa shape index (κ2) is 6.63. The molecule has 100 valence electrons. The quantitative estimate of drug-likeness (QED) is 0.918. The molecule has 0 aliphatic rings. The molecule has 4 nitrogen and oxygen atoms in total. The topological polar surface area (TPSA) is 49.2 Å². The Morgan fingerprint density at radius 1 is 1.32 bits per heavy atom. The van der Waals surface area contributed by atoms with Crippen molar-refractivity contribution in [3.8, 4) is 0 Å². The van der Waals surface area contributed by atoms with E-state index in [9.17, 15) is 5.11 Å². The van der Waals surface area contributed by atoms with Gasteiger partial charge in [0, 0.05) is 42.2 Å². The molecule has 0 atom stereocenters. The second-order valence-corrected chi connectivity index (χ2v) is 5.24. The van der Waals surface area contributed by atoms with Crippen LogP contribution in [0.5, 0.6) is 0 Å². The van der Waals surface area contributed by atoms with Crippen molar-refractivity contribution in [2.45, 2.75) is 13.0 Å². The van der Waals surface area contributed by atoms with E-state index < -0.39 is 0 Å². The molecule has 0 unspecified atom stereocenters. The molecule has 2 aromatic rings. The van der Waals surface area contributed by atoms with Crippen molar-refractivity contribution in [1.82, 2.24) is 9.97 Å². The number of aliphatic hydroxyl groups excluding tert-OH is 1. The van der Waals surface area contributed by atoms with Crippen LogP contribution in [0.3, 0.4) is 0 Å². The normalized spacial score (nSPS) is 10.5. The van der Waals surface area contributed by atoms with Gasteiger partial charge in [0.1, 0.15) is 5.82 Å². The van der Waals surface area contributed by atoms with Crippen LogP contribution in [0.15, 0.2) is 41.3 Å². The van der Waals surface area contributed by atoms with E-state index >= 15 is 0 Å². The molecule has 0 bridgehead atoms. The predicted molar refractivity (Wildman–Crippen MR) is 79.1 cm³/mol. The fourth-order valence-corrected chi connectivity index (χ4v) is 2.26. The number of halogens is 1. The average Bonchev–Trinajstić information content (AvgIpc) is 2.45. The molecule has 19 heavy (non-hydrogen) atoms. The summed E-state index contributed by atoms with van der Waals surface area (Å²) in [6.07, 6.45) is 6.26. The van der Waals surface area contributed by atoms with Crippen LogP contribution < -0.4 is 4.90 Å². The molecule has 0 saturated carbocycles. The number of aromatic nitrogens is 2. The first-order valence-corrected chi connectivity index (χ1v) is 6.85. The minimum atomic E-state index is -0.0125. The van der Waals surface area contributed by atoms with E-state index in [4.69, 9.17) is 0 Å². The molecule has 0 amide bonds. The molecular weight excluding hydrogens is 306 g/mol. The number of likely N-dealkylation sites (N-methyl/N-ethyl adjacent to an activating group) is 1. The van der Waals surface area contributed by atoms with Crippen molar-refractivity contribution in [1.29, 1.82) is 0 Å². The number of nitrogens with zero attached hydrogens (tertiary/aromatic N) is 3. The Labute approximate surface area is 121 Å². The first-order chi connectivity index (χ1) is 9.20. The van der Waals surface area contributed by atoms with Gasteiger partial charge in [0.25, 0.3) is 0 Å². The number of pyridine rings is 2. The van der Waals surface area contributed by atoms with Crippen molar-refractivity contribution in [2.24, 2.45) is 0 Å². The van der Waals surface area contributed by atoms with E-state index in [1.807, 2.05) is 25.2 Å². The summed E-state index contributed by atoms with van der Waals surface area (Å²) in [4.78, 5) is 10.4. The van der Waals surface area contributed by atoms with Crippen molar-refractivity contribution in [3.63, 3.8) is 0 Å². The Kier molecular flexibility index (Phi) is 4.87. The van der Waals surface area contributed by atoms with Gasteiger partial charge < -0.3 is 10.0 Å². The summed E-state index contributed by atoms with van der Waals surface area (Å²) < 4.78 is 0.878. The Bertz CT molecular complexity index is 533. The predicted octanol–water partition coefficient (Wildman–Crippen LogP) is 2.41. The maximum atomic E-state index is 9.38. The van der Waals surface area contributed by atoms with Gasteiger partial charge in [0.15, 0.2) is 0 Å². The molecule has 0 aliphatic carbocycles. The minimum Gasteiger partial charge on any atom is -0.392 e. The molecule has 0 fully saturated rings. The lowest BCUT2D eigenvalue weighted by molar-refractivity contribution is 0.281. The molecule has 2 rings (SSSR count). The van der Waals surface area contributed by atoms with Crippen molar-refractivity contribution < 1.29 is 5.11 Å². The van der Waals surface area contributed by atoms with Gasteiger partial charge in [-0.2, -0.15) is 0 Å². The van der Waals surface area contributed by atoms with Gasteiger partial charge in [-0.25, -0.2) is 4.98 Å². The van der Waals surface area contributed by atoms with Crippen LogP contribution in [-0.4, -0.2) is 28.7 Å². The van der Waals surface area contributed by atoms with Gasteiger partial charge in [0.05, 0.1) is 6.61 Å². The lowest BCUT2D eigenvalue weighted by atomic mass is 10.2. The SMILES string of the molecule is CN(CCc1ccncc1)c1ncc(Br)cc1CO. The molecule has 2 aromatic heterocycles. The highest BCUT2D eigenvalue weighted by Gasteiger charge is 2.09. The highest BCUT2D eigenvalue weighted by Crippen LogP contribution is 2.21. The van der Waals surface area contributed by atoms with Gasteiger partial charge in [-0.05, 0) is 46.1 Å². The molecule has 0 aliphatic heterocycles. The molecule has 1 N–H and O–H groups in total. The van der Waals surface area contributed by atoms with Gasteiger partial charge >= 0.3 is 0 Å². The summed E-state index contributed by atoms with van der Waals surface area (Å²) in [7, 11) is 1.98. The Balaban J connectivity index is 2.05. The number of anilines is 1. The largest absolute Gasteiger partial charge is 0.392 e. The number of rotatable bonds is 5. The Morgan fingerprint density at radius 2 is 2.05 bits per heavy atom. The van der Waals surface area contributed by atoms with Gasteiger partial charge in [-0.3, -0.25) is 4.98 Å². The standard InChI is InChI=1S/C14H16BrN3O/c1-18(7-4-11-2-5-16-6-3-11)14-12(10-19)8-13(15)9-17-14/h2-3,5-6,8-9,19H,4,7,10H2,1H3. The summed E-state index contributed by atoms with van der Waals surface area (Å²) in [6, 6.07) is 5.91. The van der Waals surface area contributed by atoms with Crippen LogP contribution in [0.1, 0.15) is 11.1 Å². The summed E-state index contributed by atoms with van der Waals surface area (Å²) in [6.45, 7) is 0.826. The zero-order valence-electron chi connectivity index (χ0n) is 10.8. The van der Waals surface area contributed by atoms with Crippen LogP contribution >= 0.6 is 15.9 Å². The molecule has 5 heteroatoms. The summed E-state index contributed by atoms with van der Waals surface area (Å²) in [5.41, 5.74) is 2.07. The minimum absolute atomic E-state index is 0.0125. The van der Waals surface area contributed by atoms with E-state index in [1.54, 1.807) is 18.6 Å². The summed E-state index contributed by atoms with van der Waals surface area (Å²) in [5, 5.41) is 9.38. The molecule has 0 aromatic carbocycles. The highest BCUT2D eigenvalue weighted by atomic mass is 79.9. The van der Waals surface area contributed by atoms with Gasteiger partial charge in [-0.15, -0.1) is 0 Å². The average molecular weight is 322 g/mol. The summed E-state index contributed by atoms with van der Waals surface area (Å²) in [5.74, 6) is 0.819. The third kappa shape index (κ3) is 3.75. The summed E-state index contributed by atoms with van der Waals surface area (Å²) >= 11 is 3.36. The molecule has 0 radical (unpaired) electrons. The van der Waals surface area contributed by atoms with Gasteiger partial charge in [-0.1, -0.05) is 0 Å². The fourth-order valence-electron chi connectivity index (χ4n) is 1.89. The first-order valence-electron chi connectivity index (χ1n) is 6.06. The monoisotopic (exact) mass is 321 g/mol. The third-order valence-electron chi connectivity index (χ3n) is 2.93. The second-order valence-electron chi connectivity index (χ2n) is 4.32. The molecule has 0 spiro atoms. The van der Waals surface area contributed by atoms with E-state index in [0.717, 1.165) is 28.8 Å². The van der Waals surface area contributed by atoms with Crippen molar-refractivity contribution in [2.75, 3.05) is 18.5 Å². The smallest absolute Gasteiger partial charge is 0.133 e. The fraction of sp³-hybridized carbons (Fsp3) is 0.286. The Morgan fingerprint density at radius 3 is 2.74 bits per heavy atom. The molecular formula is C14H16BrN3O. The number of hydrogen-bond donors (Lipinski definition) is 1. The zero-order valence-corrected chi connectivity index (χ0v) is 12.3. The van der Waals surface area contributed by atoms with E-state index in [2.05, 4.69) is 30.8 Å². The third-order valence-corrected chi connectivity index (χ3v) is 3.36. The maximum Gasteiger partial charge on any atom is 0.133 e. The van der Waals surface area contributed by atoms with E-state index in [1.165, 1.54) is 5.56 Å². The van der Waals surface area contributed by atoms with Gasteiger partial charge in [0.2, 0.25) is 0 Å². The van der Waals surface area contributed by atoms with Crippen LogP contribution in [0.25, 0.3) is 0 Å². The van der Waals surface area contributed by atoms with E-state index in [0.29, 0.717) is 0 Å². The lowest BCUT2D eigenvalue weighted by Crippen LogP contribution is -2.22. The van der Waals surface area contributed by atoms with Crippen LogP contribution in [0.2, 0.25) is 0 Å².